The van der Waals surface area contributed by atoms with Gasteiger partial charge in [0.1, 0.15) is 6.04 Å². The predicted octanol–water partition coefficient (Wildman–Crippen LogP) is 0.445. The SMILES string of the molecule is C[C@]12CCC(=O)N1[C@H](C(=O)OCC(=O)NNC(=O)c1ccccc1)CS2. The molecule has 0 radical (unpaired) electrons. The number of nitrogens with one attached hydrogen (secondary N) is 2. The molecular formula is C17H19N3O5S. The van der Waals surface area contributed by atoms with Gasteiger partial charge in [-0.3, -0.25) is 25.2 Å². The summed E-state index contributed by atoms with van der Waals surface area (Å²) >= 11 is 1.55. The van der Waals surface area contributed by atoms with Gasteiger partial charge in [-0.05, 0) is 25.5 Å². The second-order valence-corrected chi connectivity index (χ2v) is 7.74. The van der Waals surface area contributed by atoms with Gasteiger partial charge in [0.2, 0.25) is 5.91 Å². The Morgan fingerprint density at radius 1 is 1.27 bits per heavy atom. The van der Waals surface area contributed by atoms with E-state index in [4.69, 9.17) is 4.74 Å². The normalized spacial score (nSPS) is 24.1. The number of amides is 3. The summed E-state index contributed by atoms with van der Waals surface area (Å²) in [5.41, 5.74) is 4.82. The summed E-state index contributed by atoms with van der Waals surface area (Å²) in [6, 6.07) is 7.70. The first-order chi connectivity index (χ1) is 12.4. The third-order valence-corrected chi connectivity index (χ3v) is 5.92. The van der Waals surface area contributed by atoms with E-state index in [0.29, 0.717) is 24.2 Å². The summed E-state index contributed by atoms with van der Waals surface area (Å²) in [6.07, 6.45) is 1.12. The van der Waals surface area contributed by atoms with E-state index in [1.54, 1.807) is 47.0 Å². The molecule has 2 heterocycles. The molecule has 8 nitrogen and oxygen atoms in total. The minimum absolute atomic E-state index is 0.0703. The Labute approximate surface area is 154 Å². The lowest BCUT2D eigenvalue weighted by Crippen LogP contribution is -2.48. The zero-order valence-corrected chi connectivity index (χ0v) is 15.0. The van der Waals surface area contributed by atoms with E-state index in [0.717, 1.165) is 0 Å². The van der Waals surface area contributed by atoms with Crippen LogP contribution in [0.5, 0.6) is 0 Å². The average molecular weight is 377 g/mol. The zero-order valence-electron chi connectivity index (χ0n) is 14.2. The van der Waals surface area contributed by atoms with Gasteiger partial charge in [-0.1, -0.05) is 18.2 Å². The van der Waals surface area contributed by atoms with Crippen molar-refractivity contribution in [3.05, 3.63) is 35.9 Å². The maximum absolute atomic E-state index is 12.2. The van der Waals surface area contributed by atoms with E-state index in [1.807, 2.05) is 6.92 Å². The topological polar surface area (TPSA) is 105 Å². The van der Waals surface area contributed by atoms with Crippen LogP contribution in [0.3, 0.4) is 0 Å². The van der Waals surface area contributed by atoms with Crippen molar-refractivity contribution in [2.24, 2.45) is 0 Å². The van der Waals surface area contributed by atoms with Crippen molar-refractivity contribution >= 4 is 35.5 Å². The number of fused-ring (bicyclic) bond motifs is 1. The molecule has 2 saturated heterocycles. The molecule has 2 atom stereocenters. The first kappa shape index (κ1) is 18.2. The van der Waals surface area contributed by atoms with Crippen LogP contribution in [-0.4, -0.2) is 51.9 Å². The van der Waals surface area contributed by atoms with Crippen molar-refractivity contribution in [3.8, 4) is 0 Å². The van der Waals surface area contributed by atoms with Crippen LogP contribution in [0.15, 0.2) is 30.3 Å². The number of carbonyl (C=O) groups is 4. The van der Waals surface area contributed by atoms with Crippen molar-refractivity contribution in [3.63, 3.8) is 0 Å². The molecule has 0 unspecified atom stereocenters. The molecule has 0 aromatic heterocycles. The van der Waals surface area contributed by atoms with Gasteiger partial charge in [0.15, 0.2) is 6.61 Å². The molecule has 1 aromatic carbocycles. The standard InChI is InChI=1S/C17H19N3O5S/c1-17-8-7-14(22)20(17)12(10-26-17)16(24)25-9-13(21)18-19-15(23)11-5-3-2-4-6-11/h2-6,12H,7-10H2,1H3,(H,18,21)(H,19,23)/t12-,17-/m0/s1. The second kappa shape index (κ2) is 7.36. The lowest BCUT2D eigenvalue weighted by atomic mass is 10.2. The predicted molar refractivity (Wildman–Crippen MR) is 93.7 cm³/mol. The Morgan fingerprint density at radius 3 is 2.73 bits per heavy atom. The summed E-state index contributed by atoms with van der Waals surface area (Å²) in [5.74, 6) is -1.37. The highest BCUT2D eigenvalue weighted by Gasteiger charge is 2.53. The molecule has 2 fully saturated rings. The number of carbonyl (C=O) groups excluding carboxylic acids is 4. The maximum Gasteiger partial charge on any atom is 0.330 e. The molecule has 9 heteroatoms. The van der Waals surface area contributed by atoms with E-state index in [-0.39, 0.29) is 10.8 Å². The smallest absolute Gasteiger partial charge is 0.330 e. The minimum Gasteiger partial charge on any atom is -0.454 e. The number of hydrazine groups is 1. The Morgan fingerprint density at radius 2 is 2.00 bits per heavy atom. The highest BCUT2D eigenvalue weighted by atomic mass is 32.2. The van der Waals surface area contributed by atoms with E-state index < -0.39 is 30.4 Å². The van der Waals surface area contributed by atoms with Crippen molar-refractivity contribution in [2.75, 3.05) is 12.4 Å². The van der Waals surface area contributed by atoms with Gasteiger partial charge in [0.05, 0.1) is 4.87 Å². The molecule has 0 aliphatic carbocycles. The largest absolute Gasteiger partial charge is 0.454 e. The van der Waals surface area contributed by atoms with Crippen LogP contribution in [0.25, 0.3) is 0 Å². The number of rotatable bonds is 4. The Hall–Kier alpha value is -2.55. The summed E-state index contributed by atoms with van der Waals surface area (Å²) in [5, 5.41) is 0. The molecule has 3 rings (SSSR count). The number of esters is 1. The number of benzene rings is 1. The molecule has 2 aliphatic rings. The number of thioether (sulfide) groups is 1. The Bertz CT molecular complexity index is 741. The molecule has 3 amide bonds. The van der Waals surface area contributed by atoms with Crippen molar-refractivity contribution in [1.29, 1.82) is 0 Å². The van der Waals surface area contributed by atoms with Crippen molar-refractivity contribution in [1.82, 2.24) is 15.8 Å². The minimum atomic E-state index is -0.674. The van der Waals surface area contributed by atoms with Gasteiger partial charge in [-0.2, -0.15) is 0 Å². The van der Waals surface area contributed by atoms with Gasteiger partial charge in [0, 0.05) is 17.7 Å². The fourth-order valence-corrected chi connectivity index (χ4v) is 4.47. The molecule has 26 heavy (non-hydrogen) atoms. The summed E-state index contributed by atoms with van der Waals surface area (Å²) < 4.78 is 5.02. The molecule has 138 valence electrons. The van der Waals surface area contributed by atoms with E-state index in [9.17, 15) is 19.2 Å². The van der Waals surface area contributed by atoms with Gasteiger partial charge in [0.25, 0.3) is 11.8 Å². The quantitative estimate of drug-likeness (QED) is 0.583. The Balaban J connectivity index is 1.45. The number of hydrogen-bond donors (Lipinski definition) is 2. The maximum atomic E-state index is 12.2. The second-order valence-electron chi connectivity index (χ2n) is 6.24. The summed E-state index contributed by atoms with van der Waals surface area (Å²) in [4.78, 5) is 49.0. The lowest BCUT2D eigenvalue weighted by Gasteiger charge is -2.29. The van der Waals surface area contributed by atoms with E-state index in [1.165, 1.54) is 0 Å². The first-order valence-electron chi connectivity index (χ1n) is 8.18. The molecule has 1 aromatic rings. The molecule has 2 N–H and O–H groups in total. The molecule has 0 bridgehead atoms. The molecule has 0 saturated carbocycles. The third kappa shape index (κ3) is 3.67. The van der Waals surface area contributed by atoms with Crippen LogP contribution in [0.1, 0.15) is 30.1 Å². The lowest BCUT2D eigenvalue weighted by molar-refractivity contribution is -0.156. The van der Waals surface area contributed by atoms with Crippen molar-refractivity contribution < 1.29 is 23.9 Å². The molecule has 2 aliphatic heterocycles. The summed E-state index contributed by atoms with van der Waals surface area (Å²) in [6.45, 7) is 1.40. The number of ether oxygens (including phenoxy) is 1. The highest BCUT2D eigenvalue weighted by molar-refractivity contribution is 8.01. The van der Waals surface area contributed by atoms with Gasteiger partial charge in [-0.15, -0.1) is 11.8 Å². The third-order valence-electron chi connectivity index (χ3n) is 4.41. The van der Waals surface area contributed by atoms with Crippen LogP contribution in [0, 0.1) is 0 Å². The highest BCUT2D eigenvalue weighted by Crippen LogP contribution is 2.47. The molecular weight excluding hydrogens is 358 g/mol. The van der Waals surface area contributed by atoms with Crippen LogP contribution >= 0.6 is 11.8 Å². The summed E-state index contributed by atoms with van der Waals surface area (Å²) in [7, 11) is 0. The number of hydrogen-bond acceptors (Lipinski definition) is 6. The number of nitrogens with zero attached hydrogens (tertiary/aromatic N) is 1. The zero-order chi connectivity index (χ0) is 18.7. The van der Waals surface area contributed by atoms with Gasteiger partial charge in [-0.25, -0.2) is 4.79 Å². The van der Waals surface area contributed by atoms with Crippen LogP contribution in [0.4, 0.5) is 0 Å². The average Bonchev–Trinajstić information content (AvgIpc) is 3.14. The fraction of sp³-hybridized carbons (Fsp3) is 0.412. The molecule has 0 spiro atoms. The Kier molecular flexibility index (Phi) is 5.17. The van der Waals surface area contributed by atoms with Gasteiger partial charge >= 0.3 is 5.97 Å². The first-order valence-corrected chi connectivity index (χ1v) is 9.16. The van der Waals surface area contributed by atoms with Crippen LogP contribution in [-0.2, 0) is 19.1 Å². The van der Waals surface area contributed by atoms with Crippen LogP contribution in [0.2, 0.25) is 0 Å². The van der Waals surface area contributed by atoms with Crippen molar-refractivity contribution in [2.45, 2.75) is 30.7 Å². The fourth-order valence-electron chi connectivity index (χ4n) is 3.05. The van der Waals surface area contributed by atoms with E-state index in [2.05, 4.69) is 10.9 Å². The van der Waals surface area contributed by atoms with Gasteiger partial charge < -0.3 is 9.64 Å². The van der Waals surface area contributed by atoms with Crippen LogP contribution < -0.4 is 10.9 Å². The van der Waals surface area contributed by atoms with E-state index >= 15 is 0 Å². The monoisotopic (exact) mass is 377 g/mol.